The maximum Gasteiger partial charge on any atom is 0.340 e. The summed E-state index contributed by atoms with van der Waals surface area (Å²) in [6.07, 6.45) is -0.345. The SMILES string of the molecule is Cc1c(CC(=O)NCC(=O)NC(C(=O)O)C(C)C)c(=O)oc2cc(O)c(Cl)cc12. The number of aryl methyl sites for hydroxylation is 1. The maximum absolute atomic E-state index is 12.2. The van der Waals surface area contributed by atoms with Gasteiger partial charge in [-0.1, -0.05) is 25.4 Å². The van der Waals surface area contributed by atoms with Crippen molar-refractivity contribution in [3.05, 3.63) is 38.7 Å². The average molecular weight is 425 g/mol. The predicted octanol–water partition coefficient (Wildman–Crippen LogP) is 1.34. The molecule has 1 aromatic heterocycles. The molecule has 0 aliphatic carbocycles. The lowest BCUT2D eigenvalue weighted by molar-refractivity contribution is -0.143. The summed E-state index contributed by atoms with van der Waals surface area (Å²) < 4.78 is 5.14. The monoisotopic (exact) mass is 424 g/mol. The Morgan fingerprint density at radius 2 is 1.86 bits per heavy atom. The van der Waals surface area contributed by atoms with Crippen molar-refractivity contribution < 1.29 is 29.0 Å². The van der Waals surface area contributed by atoms with Gasteiger partial charge in [0.25, 0.3) is 0 Å². The Labute approximate surface area is 170 Å². The van der Waals surface area contributed by atoms with Gasteiger partial charge in [0.05, 0.1) is 23.6 Å². The van der Waals surface area contributed by atoms with E-state index in [0.717, 1.165) is 0 Å². The van der Waals surface area contributed by atoms with Gasteiger partial charge < -0.3 is 25.3 Å². The average Bonchev–Trinajstić information content (AvgIpc) is 2.63. The van der Waals surface area contributed by atoms with Crippen LogP contribution >= 0.6 is 11.6 Å². The molecule has 156 valence electrons. The summed E-state index contributed by atoms with van der Waals surface area (Å²) in [4.78, 5) is 47.4. The standard InChI is InChI=1S/C19H21ClN2O7/c1-8(2)17(18(26)27)22-16(25)7-21-15(24)5-11-9(3)10-4-12(20)13(23)6-14(10)29-19(11)28/h4,6,8,17,23H,5,7H2,1-3H3,(H,21,24)(H,22,25)(H,26,27). The summed E-state index contributed by atoms with van der Waals surface area (Å²) >= 11 is 5.89. The van der Waals surface area contributed by atoms with Crippen LogP contribution in [0, 0.1) is 12.8 Å². The summed E-state index contributed by atoms with van der Waals surface area (Å²) in [6, 6.07) is 1.57. The summed E-state index contributed by atoms with van der Waals surface area (Å²) in [5.74, 6) is -3.02. The van der Waals surface area contributed by atoms with Crippen molar-refractivity contribution in [1.29, 1.82) is 0 Å². The highest BCUT2D eigenvalue weighted by Gasteiger charge is 2.23. The van der Waals surface area contributed by atoms with Gasteiger partial charge in [-0.3, -0.25) is 9.59 Å². The summed E-state index contributed by atoms with van der Waals surface area (Å²) in [5, 5.41) is 23.9. The van der Waals surface area contributed by atoms with Crippen molar-refractivity contribution in [1.82, 2.24) is 10.6 Å². The first-order valence-electron chi connectivity index (χ1n) is 8.75. The van der Waals surface area contributed by atoms with Crippen molar-refractivity contribution in [3.63, 3.8) is 0 Å². The van der Waals surface area contributed by atoms with Crippen LogP contribution in [0.15, 0.2) is 21.3 Å². The number of aromatic hydroxyl groups is 1. The number of phenolic OH excluding ortho intramolecular Hbond substituents is 1. The van der Waals surface area contributed by atoms with Crippen molar-refractivity contribution in [3.8, 4) is 5.75 Å². The van der Waals surface area contributed by atoms with Crippen LogP contribution in [0.4, 0.5) is 0 Å². The van der Waals surface area contributed by atoms with E-state index in [9.17, 15) is 24.3 Å². The molecule has 1 aromatic carbocycles. The number of halogens is 1. The molecule has 0 fully saturated rings. The quantitative estimate of drug-likeness (QED) is 0.490. The van der Waals surface area contributed by atoms with Gasteiger partial charge in [-0.05, 0) is 24.5 Å². The Bertz CT molecular complexity index is 1030. The van der Waals surface area contributed by atoms with E-state index >= 15 is 0 Å². The Hall–Kier alpha value is -3.07. The zero-order valence-electron chi connectivity index (χ0n) is 16.0. The van der Waals surface area contributed by atoms with Crippen molar-refractivity contribution in [2.24, 2.45) is 5.92 Å². The van der Waals surface area contributed by atoms with Gasteiger partial charge in [-0.2, -0.15) is 0 Å². The third-order valence-electron chi connectivity index (χ3n) is 4.39. The third kappa shape index (κ3) is 5.26. The number of hydrogen-bond acceptors (Lipinski definition) is 6. The van der Waals surface area contributed by atoms with Crippen molar-refractivity contribution >= 4 is 40.4 Å². The number of rotatable bonds is 7. The van der Waals surface area contributed by atoms with Crippen LogP contribution in [0.2, 0.25) is 5.02 Å². The minimum Gasteiger partial charge on any atom is -0.506 e. The smallest absolute Gasteiger partial charge is 0.340 e. The highest BCUT2D eigenvalue weighted by molar-refractivity contribution is 6.32. The van der Waals surface area contributed by atoms with E-state index in [1.165, 1.54) is 12.1 Å². The second-order valence-electron chi connectivity index (χ2n) is 6.87. The van der Waals surface area contributed by atoms with E-state index in [0.29, 0.717) is 10.9 Å². The van der Waals surface area contributed by atoms with E-state index in [4.69, 9.17) is 21.1 Å². The van der Waals surface area contributed by atoms with E-state index in [1.807, 2.05) is 0 Å². The highest BCUT2D eigenvalue weighted by atomic mass is 35.5. The predicted molar refractivity (Wildman–Crippen MR) is 105 cm³/mol. The van der Waals surface area contributed by atoms with E-state index in [2.05, 4.69) is 10.6 Å². The summed E-state index contributed by atoms with van der Waals surface area (Å²) in [6.45, 7) is 4.46. The first-order valence-corrected chi connectivity index (χ1v) is 9.12. The number of phenols is 1. The fourth-order valence-electron chi connectivity index (χ4n) is 2.74. The Morgan fingerprint density at radius 1 is 1.21 bits per heavy atom. The van der Waals surface area contributed by atoms with Gasteiger partial charge in [-0.25, -0.2) is 9.59 Å². The Balaban J connectivity index is 2.10. The van der Waals surface area contributed by atoms with Crippen molar-refractivity contribution in [2.45, 2.75) is 33.2 Å². The molecule has 1 heterocycles. The maximum atomic E-state index is 12.2. The van der Waals surface area contributed by atoms with Gasteiger partial charge in [-0.15, -0.1) is 0 Å². The molecule has 0 saturated heterocycles. The first-order chi connectivity index (χ1) is 13.5. The van der Waals surface area contributed by atoms with Gasteiger partial charge in [0, 0.05) is 11.5 Å². The largest absolute Gasteiger partial charge is 0.506 e. The van der Waals surface area contributed by atoms with Crippen LogP contribution in [0.25, 0.3) is 11.0 Å². The van der Waals surface area contributed by atoms with Gasteiger partial charge in [0.2, 0.25) is 11.8 Å². The number of fused-ring (bicyclic) bond motifs is 1. The number of amides is 2. The van der Waals surface area contributed by atoms with Gasteiger partial charge in [0.1, 0.15) is 17.4 Å². The first kappa shape index (κ1) is 22.2. The fraction of sp³-hybridized carbons (Fsp3) is 0.368. The number of aliphatic carboxylic acids is 1. The van der Waals surface area contributed by atoms with Crippen LogP contribution in [-0.4, -0.2) is 40.6 Å². The number of carbonyl (C=O) groups excluding carboxylic acids is 2. The topological polar surface area (TPSA) is 146 Å². The molecular formula is C19H21ClN2O7. The molecular weight excluding hydrogens is 404 g/mol. The number of hydrogen-bond donors (Lipinski definition) is 4. The second-order valence-corrected chi connectivity index (χ2v) is 7.28. The Kier molecular flexibility index (Phi) is 6.86. The van der Waals surface area contributed by atoms with Crippen LogP contribution in [0.1, 0.15) is 25.0 Å². The third-order valence-corrected chi connectivity index (χ3v) is 4.69. The zero-order valence-corrected chi connectivity index (χ0v) is 16.8. The molecule has 4 N–H and O–H groups in total. The number of benzene rings is 1. The lowest BCUT2D eigenvalue weighted by Gasteiger charge is -2.18. The molecule has 0 aliphatic heterocycles. The summed E-state index contributed by atoms with van der Waals surface area (Å²) in [5.41, 5.74) is -0.0698. The molecule has 2 aromatic rings. The molecule has 1 unspecified atom stereocenters. The lowest BCUT2D eigenvalue weighted by Crippen LogP contribution is -2.48. The van der Waals surface area contributed by atoms with Crippen LogP contribution in [-0.2, 0) is 20.8 Å². The number of carboxylic acids is 1. The molecule has 0 aliphatic rings. The Morgan fingerprint density at radius 3 is 2.45 bits per heavy atom. The van der Waals surface area contributed by atoms with E-state index in [1.54, 1.807) is 20.8 Å². The molecule has 0 bridgehead atoms. The molecule has 29 heavy (non-hydrogen) atoms. The van der Waals surface area contributed by atoms with Gasteiger partial charge in [0.15, 0.2) is 0 Å². The van der Waals surface area contributed by atoms with Gasteiger partial charge >= 0.3 is 11.6 Å². The fourth-order valence-corrected chi connectivity index (χ4v) is 2.91. The molecule has 0 saturated carbocycles. The number of nitrogens with one attached hydrogen (secondary N) is 2. The van der Waals surface area contributed by atoms with Crippen LogP contribution in [0.5, 0.6) is 5.75 Å². The van der Waals surface area contributed by atoms with E-state index < -0.39 is 36.0 Å². The minimum absolute atomic E-state index is 0.0691. The molecule has 0 spiro atoms. The molecule has 2 rings (SSSR count). The zero-order chi connectivity index (χ0) is 21.9. The molecule has 1 atom stereocenters. The second kappa shape index (κ2) is 8.95. The molecule has 0 radical (unpaired) electrons. The molecule has 9 nitrogen and oxygen atoms in total. The minimum atomic E-state index is -1.17. The van der Waals surface area contributed by atoms with Crippen LogP contribution < -0.4 is 16.3 Å². The van der Waals surface area contributed by atoms with Crippen molar-refractivity contribution in [2.75, 3.05) is 6.54 Å². The van der Waals surface area contributed by atoms with E-state index in [-0.39, 0.29) is 34.3 Å². The highest BCUT2D eigenvalue weighted by Crippen LogP contribution is 2.30. The summed E-state index contributed by atoms with van der Waals surface area (Å²) in [7, 11) is 0. The lowest BCUT2D eigenvalue weighted by atomic mass is 10.0. The molecule has 10 heteroatoms. The van der Waals surface area contributed by atoms with Crippen LogP contribution in [0.3, 0.4) is 0 Å². The normalized spacial score (nSPS) is 12.0. The molecule has 2 amide bonds. The number of carbonyl (C=O) groups is 3. The number of carboxylic acid groups (broad SMARTS) is 1.